The van der Waals surface area contributed by atoms with E-state index < -0.39 is 9.84 Å². The van der Waals surface area contributed by atoms with Crippen LogP contribution >= 0.6 is 11.3 Å². The molecule has 7 nitrogen and oxygen atoms in total. The molecule has 2 N–H and O–H groups in total. The lowest BCUT2D eigenvalue weighted by molar-refractivity contribution is 0.592. The van der Waals surface area contributed by atoms with E-state index in [-0.39, 0.29) is 15.7 Å². The molecule has 2 aromatic heterocycles. The molecule has 0 spiro atoms. The molecule has 0 atom stereocenters. The first-order valence-electron chi connectivity index (χ1n) is 5.52. The summed E-state index contributed by atoms with van der Waals surface area (Å²) in [5.74, 6) is -0.0520. The maximum atomic E-state index is 12.4. The van der Waals surface area contributed by atoms with Crippen molar-refractivity contribution in [2.45, 2.75) is 9.92 Å². The predicted molar refractivity (Wildman–Crippen MR) is 73.3 cm³/mol. The van der Waals surface area contributed by atoms with Crippen molar-refractivity contribution < 1.29 is 8.42 Å². The van der Waals surface area contributed by atoms with Gasteiger partial charge in [-0.2, -0.15) is 4.68 Å². The van der Waals surface area contributed by atoms with Gasteiger partial charge in [-0.15, -0.1) is 16.4 Å². The van der Waals surface area contributed by atoms with Crippen molar-refractivity contribution in [2.24, 2.45) is 0 Å². The predicted octanol–water partition coefficient (Wildman–Crippen LogP) is 1.14. The molecule has 0 saturated carbocycles. The van der Waals surface area contributed by atoms with Crippen LogP contribution in [0.3, 0.4) is 0 Å². The van der Waals surface area contributed by atoms with Crippen LogP contribution in [-0.2, 0) is 9.84 Å². The van der Waals surface area contributed by atoms with Gasteiger partial charge in [-0.1, -0.05) is 23.4 Å². The lowest BCUT2D eigenvalue weighted by Gasteiger charge is -2.02. The number of rotatable bonds is 3. The highest BCUT2D eigenvalue weighted by Crippen LogP contribution is 2.25. The molecular formula is C11H9N5O2S2. The van der Waals surface area contributed by atoms with Crippen LogP contribution in [0.25, 0.3) is 5.13 Å². The van der Waals surface area contributed by atoms with E-state index in [4.69, 9.17) is 5.73 Å². The number of nitrogens with two attached hydrogens (primary N) is 1. The Morgan fingerprint density at radius 2 is 1.95 bits per heavy atom. The molecule has 0 amide bonds. The number of sulfone groups is 1. The number of nitrogen functional groups attached to an aromatic ring is 1. The lowest BCUT2D eigenvalue weighted by atomic mass is 10.4. The average molecular weight is 307 g/mol. The van der Waals surface area contributed by atoms with Crippen LogP contribution in [-0.4, -0.2) is 28.4 Å². The van der Waals surface area contributed by atoms with Crippen LogP contribution in [0.15, 0.2) is 51.8 Å². The molecule has 3 rings (SSSR count). The second kappa shape index (κ2) is 4.69. The highest BCUT2D eigenvalue weighted by atomic mass is 32.2. The summed E-state index contributed by atoms with van der Waals surface area (Å²) in [6.45, 7) is 0. The maximum absolute atomic E-state index is 12.4. The number of hydrogen-bond acceptors (Lipinski definition) is 7. The third kappa shape index (κ3) is 1.96. The zero-order chi connectivity index (χ0) is 14.2. The van der Waals surface area contributed by atoms with Gasteiger partial charge in [0.1, 0.15) is 0 Å². The molecule has 3 aromatic rings. The summed E-state index contributed by atoms with van der Waals surface area (Å²) in [4.78, 5) is 4.14. The Labute approximate surface area is 118 Å². The molecule has 0 radical (unpaired) electrons. The second-order valence-electron chi connectivity index (χ2n) is 3.82. The first-order chi connectivity index (χ1) is 9.60. The van der Waals surface area contributed by atoms with Crippen LogP contribution in [0.1, 0.15) is 0 Å². The summed E-state index contributed by atoms with van der Waals surface area (Å²) < 4.78 is 26.1. The second-order valence-corrected chi connectivity index (χ2v) is 6.56. The molecule has 0 aliphatic carbocycles. The average Bonchev–Trinajstić information content (AvgIpc) is 3.08. The van der Waals surface area contributed by atoms with Gasteiger partial charge in [0.05, 0.1) is 4.90 Å². The summed E-state index contributed by atoms with van der Waals surface area (Å²) in [5.41, 5.74) is 5.84. The molecule has 0 fully saturated rings. The highest BCUT2D eigenvalue weighted by molar-refractivity contribution is 7.91. The number of anilines is 1. The Bertz CT molecular complexity index is 825. The van der Waals surface area contributed by atoms with Gasteiger partial charge in [0.15, 0.2) is 5.82 Å². The summed E-state index contributed by atoms with van der Waals surface area (Å²) in [6, 6.07) is 7.96. The molecule has 20 heavy (non-hydrogen) atoms. The van der Waals surface area contributed by atoms with E-state index >= 15 is 0 Å². The normalized spacial score (nSPS) is 11.6. The quantitative estimate of drug-likeness (QED) is 0.778. The molecule has 0 aliphatic heterocycles. The zero-order valence-electron chi connectivity index (χ0n) is 10.0. The monoisotopic (exact) mass is 307 g/mol. The standard InChI is InChI=1S/C11H9N5O2S2/c12-9-10(14-15-16(9)11-13-6-7-19-11)20(17,18)8-4-2-1-3-5-8/h1-7H,12H2. The van der Waals surface area contributed by atoms with Crippen molar-refractivity contribution in [2.75, 3.05) is 5.73 Å². The van der Waals surface area contributed by atoms with E-state index in [1.807, 2.05) is 0 Å². The molecule has 2 heterocycles. The Morgan fingerprint density at radius 1 is 1.20 bits per heavy atom. The summed E-state index contributed by atoms with van der Waals surface area (Å²) in [5, 5.41) is 9.38. The highest BCUT2D eigenvalue weighted by Gasteiger charge is 2.26. The van der Waals surface area contributed by atoms with Crippen molar-refractivity contribution in [3.63, 3.8) is 0 Å². The number of hydrogen-bond donors (Lipinski definition) is 1. The topological polar surface area (TPSA) is 104 Å². The third-order valence-electron chi connectivity index (χ3n) is 2.58. The Morgan fingerprint density at radius 3 is 2.60 bits per heavy atom. The molecule has 0 aliphatic rings. The minimum absolute atomic E-state index is 0.0520. The van der Waals surface area contributed by atoms with E-state index in [0.29, 0.717) is 5.13 Å². The summed E-state index contributed by atoms with van der Waals surface area (Å²) in [7, 11) is -3.78. The van der Waals surface area contributed by atoms with Crippen LogP contribution in [0.5, 0.6) is 0 Å². The van der Waals surface area contributed by atoms with Crippen molar-refractivity contribution in [1.29, 1.82) is 0 Å². The van der Waals surface area contributed by atoms with Gasteiger partial charge in [0, 0.05) is 11.6 Å². The Hall–Kier alpha value is -2.26. The van der Waals surface area contributed by atoms with Gasteiger partial charge in [-0.05, 0) is 12.1 Å². The van der Waals surface area contributed by atoms with Gasteiger partial charge in [0.2, 0.25) is 20.0 Å². The fraction of sp³-hybridized carbons (Fsp3) is 0. The first kappa shape index (κ1) is 12.8. The number of nitrogens with zero attached hydrogens (tertiary/aromatic N) is 4. The summed E-state index contributed by atoms with van der Waals surface area (Å²) >= 11 is 1.28. The summed E-state index contributed by atoms with van der Waals surface area (Å²) in [6.07, 6.45) is 1.58. The maximum Gasteiger partial charge on any atom is 0.229 e. The Balaban J connectivity index is 2.13. The number of thiazole rings is 1. The molecular weight excluding hydrogens is 298 g/mol. The van der Waals surface area contributed by atoms with Crippen LogP contribution < -0.4 is 5.73 Å². The fourth-order valence-electron chi connectivity index (χ4n) is 1.64. The van der Waals surface area contributed by atoms with Gasteiger partial charge in [-0.3, -0.25) is 0 Å². The third-order valence-corrected chi connectivity index (χ3v) is 5.02. The van der Waals surface area contributed by atoms with E-state index in [2.05, 4.69) is 15.3 Å². The van der Waals surface area contributed by atoms with Crippen molar-refractivity contribution in [1.82, 2.24) is 20.0 Å². The molecule has 102 valence electrons. The molecule has 0 saturated heterocycles. The van der Waals surface area contributed by atoms with Gasteiger partial charge < -0.3 is 5.73 Å². The number of aromatic nitrogens is 4. The smallest absolute Gasteiger partial charge is 0.229 e. The largest absolute Gasteiger partial charge is 0.381 e. The van der Waals surface area contributed by atoms with Crippen LogP contribution in [0.2, 0.25) is 0 Å². The minimum Gasteiger partial charge on any atom is -0.381 e. The van der Waals surface area contributed by atoms with Crippen molar-refractivity contribution in [3.05, 3.63) is 41.9 Å². The van der Waals surface area contributed by atoms with Crippen LogP contribution in [0, 0.1) is 0 Å². The van der Waals surface area contributed by atoms with E-state index in [1.165, 1.54) is 28.2 Å². The number of benzene rings is 1. The Kier molecular flexibility index (Phi) is 2.99. The molecule has 9 heteroatoms. The van der Waals surface area contributed by atoms with E-state index in [9.17, 15) is 8.42 Å². The van der Waals surface area contributed by atoms with Crippen molar-refractivity contribution >= 4 is 27.0 Å². The van der Waals surface area contributed by atoms with Gasteiger partial charge in [-0.25, -0.2) is 13.4 Å². The molecule has 1 aromatic carbocycles. The fourth-order valence-corrected chi connectivity index (χ4v) is 3.48. The van der Waals surface area contributed by atoms with Crippen molar-refractivity contribution in [3.8, 4) is 5.13 Å². The SMILES string of the molecule is Nc1c(S(=O)(=O)c2ccccc2)nnn1-c1nccs1. The zero-order valence-corrected chi connectivity index (χ0v) is 11.7. The molecule has 0 unspecified atom stereocenters. The van der Waals surface area contributed by atoms with Gasteiger partial charge >= 0.3 is 0 Å². The van der Waals surface area contributed by atoms with E-state index in [0.717, 1.165) is 0 Å². The minimum atomic E-state index is -3.78. The van der Waals surface area contributed by atoms with Crippen LogP contribution in [0.4, 0.5) is 5.82 Å². The first-order valence-corrected chi connectivity index (χ1v) is 7.88. The molecule has 0 bridgehead atoms. The lowest BCUT2D eigenvalue weighted by Crippen LogP contribution is -2.07. The van der Waals surface area contributed by atoms with E-state index in [1.54, 1.807) is 29.8 Å². The van der Waals surface area contributed by atoms with Gasteiger partial charge in [0.25, 0.3) is 0 Å².